The van der Waals surface area contributed by atoms with Crippen LogP contribution in [-0.4, -0.2) is 11.8 Å². The van der Waals surface area contributed by atoms with Gasteiger partial charge in [0, 0.05) is 15.5 Å². The third kappa shape index (κ3) is 3.72. The second-order valence-electron chi connectivity index (χ2n) is 6.29. The van der Waals surface area contributed by atoms with E-state index in [2.05, 4.69) is 0 Å². The molecule has 0 amide bonds. The molecule has 4 nitrogen and oxygen atoms in total. The van der Waals surface area contributed by atoms with Gasteiger partial charge in [0.05, 0.1) is 12.0 Å². The number of benzene rings is 2. The molecule has 3 aromatic rings. The van der Waals surface area contributed by atoms with Gasteiger partial charge >= 0.3 is 5.97 Å². The SMILES string of the molecule is Cc1c(OC(=O)Cc2cccs2)ccc2c1O/C(=C\c1ccc(Cl)cc1)C2=O. The summed E-state index contributed by atoms with van der Waals surface area (Å²) in [6.07, 6.45) is 1.87. The first-order valence-electron chi connectivity index (χ1n) is 8.58. The average molecular weight is 411 g/mol. The Labute approximate surface area is 171 Å². The molecular weight excluding hydrogens is 396 g/mol. The zero-order valence-electron chi connectivity index (χ0n) is 14.9. The minimum Gasteiger partial charge on any atom is -0.452 e. The van der Waals surface area contributed by atoms with E-state index in [0.717, 1.165) is 10.4 Å². The molecule has 0 saturated carbocycles. The van der Waals surface area contributed by atoms with E-state index in [0.29, 0.717) is 27.6 Å². The van der Waals surface area contributed by atoms with Crippen LogP contribution >= 0.6 is 22.9 Å². The lowest BCUT2D eigenvalue weighted by molar-refractivity contribution is -0.133. The number of allylic oxidation sites excluding steroid dienone is 1. The van der Waals surface area contributed by atoms with Crippen molar-refractivity contribution in [1.29, 1.82) is 0 Å². The Balaban J connectivity index is 1.56. The van der Waals surface area contributed by atoms with E-state index in [1.54, 1.807) is 49.4 Å². The van der Waals surface area contributed by atoms with Crippen molar-refractivity contribution in [2.24, 2.45) is 0 Å². The van der Waals surface area contributed by atoms with Gasteiger partial charge in [0.2, 0.25) is 5.78 Å². The molecule has 0 fully saturated rings. The van der Waals surface area contributed by atoms with Crippen LogP contribution in [0.1, 0.15) is 26.4 Å². The van der Waals surface area contributed by atoms with Gasteiger partial charge in [-0.05, 0) is 54.3 Å². The fraction of sp³-hybridized carbons (Fsp3) is 0.0909. The molecule has 2 aromatic carbocycles. The Hall–Kier alpha value is -2.89. The van der Waals surface area contributed by atoms with Gasteiger partial charge in [-0.3, -0.25) is 9.59 Å². The number of Topliss-reactive ketones (excluding diaryl/α,β-unsaturated/α-hetero) is 1. The maximum Gasteiger partial charge on any atom is 0.316 e. The molecule has 1 aliphatic rings. The summed E-state index contributed by atoms with van der Waals surface area (Å²) in [5.41, 5.74) is 1.88. The molecule has 28 heavy (non-hydrogen) atoms. The summed E-state index contributed by atoms with van der Waals surface area (Å²) in [4.78, 5) is 25.8. The summed E-state index contributed by atoms with van der Waals surface area (Å²) in [6.45, 7) is 1.77. The van der Waals surface area contributed by atoms with Crippen LogP contribution in [0, 0.1) is 6.92 Å². The van der Waals surface area contributed by atoms with Crippen molar-refractivity contribution in [3.05, 3.63) is 86.3 Å². The predicted octanol–water partition coefficient (Wildman–Crippen LogP) is 5.47. The van der Waals surface area contributed by atoms with E-state index in [1.807, 2.05) is 17.5 Å². The molecule has 0 unspecified atom stereocenters. The smallest absolute Gasteiger partial charge is 0.316 e. The third-order valence-electron chi connectivity index (χ3n) is 4.33. The molecule has 0 N–H and O–H groups in total. The first-order chi connectivity index (χ1) is 13.5. The molecule has 0 bridgehead atoms. The van der Waals surface area contributed by atoms with Crippen molar-refractivity contribution in [3.63, 3.8) is 0 Å². The summed E-state index contributed by atoms with van der Waals surface area (Å²) in [7, 11) is 0. The molecule has 0 atom stereocenters. The van der Waals surface area contributed by atoms with Crippen molar-refractivity contribution in [1.82, 2.24) is 0 Å². The van der Waals surface area contributed by atoms with E-state index < -0.39 is 0 Å². The normalized spacial score (nSPS) is 14.1. The van der Waals surface area contributed by atoms with Gasteiger partial charge in [0.15, 0.2) is 5.76 Å². The van der Waals surface area contributed by atoms with Gasteiger partial charge in [-0.25, -0.2) is 0 Å². The van der Waals surface area contributed by atoms with Crippen LogP contribution in [0.25, 0.3) is 6.08 Å². The van der Waals surface area contributed by atoms with Crippen LogP contribution in [0.15, 0.2) is 59.7 Å². The number of fused-ring (bicyclic) bond motifs is 1. The minimum absolute atomic E-state index is 0.204. The Morgan fingerprint density at radius 3 is 2.68 bits per heavy atom. The molecule has 140 valence electrons. The van der Waals surface area contributed by atoms with Crippen LogP contribution in [0.2, 0.25) is 5.02 Å². The molecule has 0 aliphatic carbocycles. The zero-order chi connectivity index (χ0) is 19.7. The maximum atomic E-state index is 12.6. The summed E-state index contributed by atoms with van der Waals surface area (Å²) < 4.78 is 11.3. The van der Waals surface area contributed by atoms with Crippen molar-refractivity contribution >= 4 is 40.8 Å². The number of thiophene rings is 1. The molecule has 1 aliphatic heterocycles. The third-order valence-corrected chi connectivity index (χ3v) is 5.46. The van der Waals surface area contributed by atoms with Crippen LogP contribution in [-0.2, 0) is 11.2 Å². The number of ketones is 1. The number of esters is 1. The van der Waals surface area contributed by atoms with Gasteiger partial charge in [-0.15, -0.1) is 11.3 Å². The molecule has 1 aromatic heterocycles. The summed E-state index contributed by atoms with van der Waals surface area (Å²) >= 11 is 7.40. The Kier molecular flexibility index (Phi) is 5.03. The Bertz CT molecular complexity index is 1080. The van der Waals surface area contributed by atoms with E-state index in [4.69, 9.17) is 21.1 Å². The van der Waals surface area contributed by atoms with E-state index in [9.17, 15) is 9.59 Å². The number of hydrogen-bond donors (Lipinski definition) is 0. The average Bonchev–Trinajstić information content (AvgIpc) is 3.28. The Morgan fingerprint density at radius 1 is 1.18 bits per heavy atom. The second kappa shape index (κ2) is 7.62. The van der Waals surface area contributed by atoms with Crippen molar-refractivity contribution in [3.8, 4) is 11.5 Å². The zero-order valence-corrected chi connectivity index (χ0v) is 16.5. The Morgan fingerprint density at radius 2 is 1.96 bits per heavy atom. The van der Waals surface area contributed by atoms with Gasteiger partial charge in [-0.1, -0.05) is 29.8 Å². The highest BCUT2D eigenvalue weighted by molar-refractivity contribution is 7.10. The molecule has 0 spiro atoms. The summed E-state index contributed by atoms with van der Waals surface area (Å²) in [5.74, 6) is 0.478. The summed E-state index contributed by atoms with van der Waals surface area (Å²) in [6, 6.07) is 14.1. The number of hydrogen-bond acceptors (Lipinski definition) is 5. The monoisotopic (exact) mass is 410 g/mol. The first kappa shape index (κ1) is 18.5. The predicted molar refractivity (Wildman–Crippen MR) is 109 cm³/mol. The van der Waals surface area contributed by atoms with Gasteiger partial charge in [0.1, 0.15) is 11.5 Å². The van der Waals surface area contributed by atoms with Crippen molar-refractivity contribution in [2.45, 2.75) is 13.3 Å². The van der Waals surface area contributed by atoms with Gasteiger partial charge < -0.3 is 9.47 Å². The molecule has 2 heterocycles. The lowest BCUT2D eigenvalue weighted by atomic mass is 10.1. The van der Waals surface area contributed by atoms with Gasteiger partial charge in [0.25, 0.3) is 0 Å². The maximum absolute atomic E-state index is 12.6. The lowest BCUT2D eigenvalue weighted by Crippen LogP contribution is -2.11. The molecule has 0 saturated heterocycles. The van der Waals surface area contributed by atoms with Gasteiger partial charge in [-0.2, -0.15) is 0 Å². The van der Waals surface area contributed by atoms with Crippen LogP contribution in [0.5, 0.6) is 11.5 Å². The topological polar surface area (TPSA) is 52.6 Å². The van der Waals surface area contributed by atoms with E-state index >= 15 is 0 Å². The lowest BCUT2D eigenvalue weighted by Gasteiger charge is -2.09. The highest BCUT2D eigenvalue weighted by Crippen LogP contribution is 2.39. The summed E-state index contributed by atoms with van der Waals surface area (Å²) in [5, 5.41) is 2.53. The number of carbonyl (C=O) groups excluding carboxylic acids is 2. The van der Waals surface area contributed by atoms with E-state index in [1.165, 1.54) is 11.3 Å². The van der Waals surface area contributed by atoms with Crippen LogP contribution < -0.4 is 9.47 Å². The molecule has 0 radical (unpaired) electrons. The molecular formula is C22H15ClO4S. The number of carbonyl (C=O) groups is 2. The number of ether oxygens (including phenoxy) is 2. The number of halogens is 1. The molecule has 6 heteroatoms. The number of rotatable bonds is 4. The largest absolute Gasteiger partial charge is 0.452 e. The quantitative estimate of drug-likeness (QED) is 0.325. The van der Waals surface area contributed by atoms with E-state index in [-0.39, 0.29) is 23.9 Å². The highest BCUT2D eigenvalue weighted by atomic mass is 35.5. The standard InChI is InChI=1S/C22H15ClO4S/c1-13-18(26-20(24)12-16-3-2-10-28-16)9-8-17-21(25)19(27-22(13)17)11-14-4-6-15(23)7-5-14/h2-11H,12H2,1H3/b19-11-. The highest BCUT2D eigenvalue weighted by Gasteiger charge is 2.30. The molecule has 4 rings (SSSR count). The fourth-order valence-corrected chi connectivity index (χ4v) is 3.72. The van der Waals surface area contributed by atoms with Crippen molar-refractivity contribution < 1.29 is 19.1 Å². The van der Waals surface area contributed by atoms with Crippen LogP contribution in [0.4, 0.5) is 0 Å². The van der Waals surface area contributed by atoms with Crippen LogP contribution in [0.3, 0.4) is 0 Å². The second-order valence-corrected chi connectivity index (χ2v) is 7.76. The fourth-order valence-electron chi connectivity index (χ4n) is 2.90. The first-order valence-corrected chi connectivity index (χ1v) is 9.83. The van der Waals surface area contributed by atoms with Crippen molar-refractivity contribution in [2.75, 3.05) is 0 Å². The minimum atomic E-state index is -0.355.